The Morgan fingerprint density at radius 3 is 1.52 bits per heavy atom. The predicted octanol–water partition coefficient (Wildman–Crippen LogP) is 14.2. The van der Waals surface area contributed by atoms with Crippen LogP contribution >= 0.6 is 0 Å². The van der Waals surface area contributed by atoms with Crippen LogP contribution in [0.25, 0.3) is 116 Å². The van der Waals surface area contributed by atoms with Crippen molar-refractivity contribution in [1.82, 2.24) is 24.5 Å². The number of fused-ring (bicyclic) bond motifs is 7. The quantitative estimate of drug-likeness (QED) is 0.158. The zero-order valence-electron chi connectivity index (χ0n) is 32.9. The van der Waals surface area contributed by atoms with E-state index in [9.17, 15) is 0 Å². The number of aromatic nitrogens is 5. The van der Waals surface area contributed by atoms with Gasteiger partial charge in [-0.05, 0) is 64.2 Å². The van der Waals surface area contributed by atoms with Gasteiger partial charge in [-0.3, -0.25) is 0 Å². The number of hydrogen-bond donors (Lipinski definition) is 0. The fourth-order valence-corrected chi connectivity index (χ4v) is 8.89. The molecule has 0 saturated heterocycles. The van der Waals surface area contributed by atoms with Gasteiger partial charge in [0.05, 0.1) is 22.2 Å². The van der Waals surface area contributed by atoms with Crippen LogP contribution in [0, 0.1) is 0 Å². The van der Waals surface area contributed by atoms with Gasteiger partial charge in [0.2, 0.25) is 0 Å². The minimum Gasteiger partial charge on any atom is -0.309 e. The van der Waals surface area contributed by atoms with Gasteiger partial charge in [-0.1, -0.05) is 170 Å². The maximum absolute atomic E-state index is 5.26. The summed E-state index contributed by atoms with van der Waals surface area (Å²) in [6, 6.07) is 74.7. The number of nitrogens with zero attached hydrogens (tertiary/aromatic N) is 5. The van der Waals surface area contributed by atoms with Crippen molar-refractivity contribution in [2.45, 2.75) is 0 Å². The van der Waals surface area contributed by atoms with Crippen LogP contribution in [0.5, 0.6) is 0 Å². The topological polar surface area (TPSA) is 56.5 Å². The van der Waals surface area contributed by atoms with Crippen LogP contribution in [0.4, 0.5) is 0 Å². The molecule has 0 bridgehead atoms. The summed E-state index contributed by atoms with van der Waals surface area (Å²) in [5.74, 6) is 1.94. The fourth-order valence-electron chi connectivity index (χ4n) is 8.89. The largest absolute Gasteiger partial charge is 0.309 e. The first kappa shape index (κ1) is 34.7. The van der Waals surface area contributed by atoms with Crippen LogP contribution in [0.3, 0.4) is 0 Å². The summed E-state index contributed by atoms with van der Waals surface area (Å²) in [7, 11) is 0. The average Bonchev–Trinajstić information content (AvgIpc) is 3.67. The summed E-state index contributed by atoms with van der Waals surface area (Å²) >= 11 is 0. The molecule has 0 fully saturated rings. The van der Waals surface area contributed by atoms with Crippen molar-refractivity contribution in [3.8, 4) is 62.2 Å². The van der Waals surface area contributed by atoms with E-state index in [4.69, 9.17) is 19.9 Å². The maximum atomic E-state index is 5.26. The molecule has 12 rings (SSSR count). The van der Waals surface area contributed by atoms with Crippen LogP contribution in [-0.2, 0) is 0 Å². The smallest absolute Gasteiger partial charge is 0.164 e. The second kappa shape index (κ2) is 14.2. The highest BCUT2D eigenvalue weighted by molar-refractivity contribution is 6.22. The minimum absolute atomic E-state index is 0.640. The van der Waals surface area contributed by atoms with Crippen molar-refractivity contribution in [1.29, 1.82) is 0 Å². The molecule has 0 amide bonds. The Morgan fingerprint density at radius 2 is 0.852 bits per heavy atom. The van der Waals surface area contributed by atoms with E-state index in [0.717, 1.165) is 77.3 Å². The molecular formula is C56H35N5. The van der Waals surface area contributed by atoms with Crippen molar-refractivity contribution in [3.63, 3.8) is 0 Å². The summed E-state index contributed by atoms with van der Waals surface area (Å²) in [4.78, 5) is 20.2. The predicted molar refractivity (Wildman–Crippen MR) is 252 cm³/mol. The number of para-hydroxylation sites is 3. The third-order valence-corrected chi connectivity index (χ3v) is 11.8. The van der Waals surface area contributed by atoms with Gasteiger partial charge in [0.25, 0.3) is 0 Å². The summed E-state index contributed by atoms with van der Waals surface area (Å²) in [5, 5.41) is 8.10. The van der Waals surface area contributed by atoms with Crippen LogP contribution in [0.15, 0.2) is 212 Å². The van der Waals surface area contributed by atoms with Gasteiger partial charge in [-0.15, -0.1) is 0 Å². The first-order valence-corrected chi connectivity index (χ1v) is 20.6. The van der Waals surface area contributed by atoms with Crippen molar-refractivity contribution >= 4 is 54.3 Å². The van der Waals surface area contributed by atoms with Crippen molar-refractivity contribution < 1.29 is 0 Å². The van der Waals surface area contributed by atoms with E-state index in [1.807, 2.05) is 60.7 Å². The highest BCUT2D eigenvalue weighted by Gasteiger charge is 2.20. The van der Waals surface area contributed by atoms with Crippen molar-refractivity contribution in [3.05, 3.63) is 212 Å². The zero-order chi connectivity index (χ0) is 40.3. The molecule has 0 N–H and O–H groups in total. The SMILES string of the molecule is c1ccc(-c2nc(-c3ccccc3)nc(-c3ccc4cc(-c5cccc6c7cc8c(-c9ccccc9)nc9ccccc9c8cc7n(-c7ccccc7)c56)ccc4c3)n2)cc1. The van der Waals surface area contributed by atoms with Gasteiger partial charge in [0.1, 0.15) is 0 Å². The van der Waals surface area contributed by atoms with Gasteiger partial charge in [-0.25, -0.2) is 19.9 Å². The molecule has 3 heterocycles. The molecule has 284 valence electrons. The number of rotatable bonds is 6. The molecule has 0 unspecified atom stereocenters. The minimum atomic E-state index is 0.640. The molecule has 0 aliphatic rings. The summed E-state index contributed by atoms with van der Waals surface area (Å²) in [6.07, 6.45) is 0. The van der Waals surface area contributed by atoms with Crippen molar-refractivity contribution in [2.75, 3.05) is 0 Å². The van der Waals surface area contributed by atoms with Gasteiger partial charge in [-0.2, -0.15) is 0 Å². The van der Waals surface area contributed by atoms with E-state index >= 15 is 0 Å². The normalized spacial score (nSPS) is 11.6. The van der Waals surface area contributed by atoms with E-state index in [0.29, 0.717) is 17.5 Å². The van der Waals surface area contributed by atoms with Crippen LogP contribution in [-0.4, -0.2) is 24.5 Å². The molecule has 0 atom stereocenters. The number of benzene rings is 9. The molecular weight excluding hydrogens is 743 g/mol. The van der Waals surface area contributed by atoms with Crippen LogP contribution in [0.2, 0.25) is 0 Å². The first-order valence-electron chi connectivity index (χ1n) is 20.6. The van der Waals surface area contributed by atoms with Gasteiger partial charge in [0, 0.05) is 55.0 Å². The maximum Gasteiger partial charge on any atom is 0.164 e. The molecule has 0 spiro atoms. The lowest BCUT2D eigenvalue weighted by atomic mass is 9.96. The Hall–Kier alpha value is -8.28. The highest BCUT2D eigenvalue weighted by atomic mass is 15.0. The Kier molecular flexibility index (Phi) is 8.10. The molecule has 12 aromatic rings. The second-order valence-corrected chi connectivity index (χ2v) is 15.4. The third-order valence-electron chi connectivity index (χ3n) is 11.8. The third kappa shape index (κ3) is 5.94. The lowest BCUT2D eigenvalue weighted by molar-refractivity contribution is 1.07. The van der Waals surface area contributed by atoms with E-state index in [1.165, 1.54) is 21.7 Å². The van der Waals surface area contributed by atoms with E-state index < -0.39 is 0 Å². The Labute approximate surface area is 351 Å². The standard InChI is InChI=1S/C56H35N5/c1-5-16-36(17-6-1)52-49-34-48-46-26-15-25-44(53(46)61(43-22-11-4-12-23-43)51(48)35-47(49)45-24-13-14-27-50(45)57-52)41-30-28-40-33-42(31-29-39(40)32-41)56-59-54(37-18-7-2-8-19-37)58-55(60-56)38-20-9-3-10-21-38/h1-35H. The molecule has 5 nitrogen and oxygen atoms in total. The van der Waals surface area contributed by atoms with Crippen LogP contribution < -0.4 is 0 Å². The number of hydrogen-bond acceptors (Lipinski definition) is 4. The van der Waals surface area contributed by atoms with Gasteiger partial charge < -0.3 is 4.57 Å². The number of pyridine rings is 1. The molecule has 0 aliphatic heterocycles. The molecule has 3 aromatic heterocycles. The van der Waals surface area contributed by atoms with E-state index in [1.54, 1.807) is 0 Å². The second-order valence-electron chi connectivity index (χ2n) is 15.4. The molecule has 0 aliphatic carbocycles. The Bertz CT molecular complexity index is 3560. The highest BCUT2D eigenvalue weighted by Crippen LogP contribution is 2.43. The lowest BCUT2D eigenvalue weighted by Gasteiger charge is -2.14. The van der Waals surface area contributed by atoms with E-state index in [2.05, 4.69) is 156 Å². The summed E-state index contributed by atoms with van der Waals surface area (Å²) < 4.78 is 2.44. The van der Waals surface area contributed by atoms with Crippen molar-refractivity contribution in [2.24, 2.45) is 0 Å². The molecule has 0 radical (unpaired) electrons. The molecule has 0 saturated carbocycles. The molecule has 5 heteroatoms. The molecule has 9 aromatic carbocycles. The average molecular weight is 778 g/mol. The fraction of sp³-hybridized carbons (Fsp3) is 0. The van der Waals surface area contributed by atoms with Gasteiger partial charge >= 0.3 is 0 Å². The van der Waals surface area contributed by atoms with Crippen LogP contribution in [0.1, 0.15) is 0 Å². The molecule has 61 heavy (non-hydrogen) atoms. The summed E-state index contributed by atoms with van der Waals surface area (Å²) in [6.45, 7) is 0. The monoisotopic (exact) mass is 777 g/mol. The zero-order valence-corrected chi connectivity index (χ0v) is 32.9. The first-order chi connectivity index (χ1) is 30.2. The van der Waals surface area contributed by atoms with E-state index in [-0.39, 0.29) is 0 Å². The Morgan fingerprint density at radius 1 is 0.311 bits per heavy atom. The van der Waals surface area contributed by atoms with Gasteiger partial charge in [0.15, 0.2) is 17.5 Å². The summed E-state index contributed by atoms with van der Waals surface area (Å²) in [5.41, 5.74) is 11.7. The lowest BCUT2D eigenvalue weighted by Crippen LogP contribution is -2.00. The Balaban J connectivity index is 1.05.